The largest absolute Gasteiger partial charge is 0.497 e. The first-order valence-corrected chi connectivity index (χ1v) is 6.04. The molecule has 1 heterocycles. The molecule has 0 aliphatic heterocycles. The molecule has 0 atom stereocenters. The normalized spacial score (nSPS) is 10.6. The lowest BCUT2D eigenvalue weighted by Crippen LogP contribution is -2.01. The molecule has 19 heavy (non-hydrogen) atoms. The number of hydrogen-bond acceptors (Lipinski definition) is 2. The minimum Gasteiger partial charge on any atom is -0.497 e. The number of aromatic nitrogens is 1. The number of ether oxygens (including phenoxy) is 1. The van der Waals surface area contributed by atoms with E-state index in [1.807, 2.05) is 30.3 Å². The van der Waals surface area contributed by atoms with Crippen LogP contribution in [-0.2, 0) is 0 Å². The molecule has 0 saturated carbocycles. The summed E-state index contributed by atoms with van der Waals surface area (Å²) in [5.74, 6) is 0.729. The van der Waals surface area contributed by atoms with Gasteiger partial charge < -0.3 is 9.72 Å². The van der Waals surface area contributed by atoms with E-state index < -0.39 is 0 Å². The maximum absolute atomic E-state index is 12.3. The Morgan fingerprint density at radius 1 is 1.05 bits per heavy atom. The van der Waals surface area contributed by atoms with E-state index in [-0.39, 0.29) is 5.78 Å². The fourth-order valence-electron chi connectivity index (χ4n) is 2.09. The van der Waals surface area contributed by atoms with Gasteiger partial charge in [-0.15, -0.1) is 0 Å². The first-order valence-electron chi connectivity index (χ1n) is 6.04. The van der Waals surface area contributed by atoms with E-state index in [4.69, 9.17) is 4.74 Å². The quantitative estimate of drug-likeness (QED) is 0.725. The summed E-state index contributed by atoms with van der Waals surface area (Å²) in [5.41, 5.74) is 2.22. The van der Waals surface area contributed by atoms with Gasteiger partial charge in [0.25, 0.3) is 0 Å². The van der Waals surface area contributed by atoms with Crippen molar-refractivity contribution >= 4 is 16.7 Å². The Morgan fingerprint density at radius 3 is 2.47 bits per heavy atom. The van der Waals surface area contributed by atoms with Crippen LogP contribution in [0, 0.1) is 0 Å². The fourth-order valence-corrected chi connectivity index (χ4v) is 2.09. The van der Waals surface area contributed by atoms with Crippen LogP contribution >= 0.6 is 0 Å². The molecule has 0 radical (unpaired) electrons. The molecule has 1 N–H and O–H groups in total. The van der Waals surface area contributed by atoms with E-state index in [1.54, 1.807) is 31.4 Å². The van der Waals surface area contributed by atoms with E-state index in [0.717, 1.165) is 16.7 Å². The van der Waals surface area contributed by atoms with E-state index >= 15 is 0 Å². The summed E-state index contributed by atoms with van der Waals surface area (Å²) in [6.07, 6.45) is 0. The van der Waals surface area contributed by atoms with Crippen molar-refractivity contribution < 1.29 is 9.53 Å². The highest BCUT2D eigenvalue weighted by Crippen LogP contribution is 2.19. The van der Waals surface area contributed by atoms with Gasteiger partial charge in [0.2, 0.25) is 5.78 Å². The average molecular weight is 251 g/mol. The minimum absolute atomic E-state index is 0.0150. The lowest BCUT2D eigenvalue weighted by atomic mass is 10.1. The number of para-hydroxylation sites is 1. The monoisotopic (exact) mass is 251 g/mol. The summed E-state index contributed by atoms with van der Waals surface area (Å²) in [5, 5.41) is 1.04. The number of fused-ring (bicyclic) bond motifs is 1. The number of benzene rings is 2. The van der Waals surface area contributed by atoms with Crippen LogP contribution in [0.4, 0.5) is 0 Å². The second kappa shape index (κ2) is 4.61. The van der Waals surface area contributed by atoms with Crippen molar-refractivity contribution in [2.45, 2.75) is 0 Å². The molecule has 0 spiro atoms. The van der Waals surface area contributed by atoms with Gasteiger partial charge in [-0.1, -0.05) is 18.2 Å². The van der Waals surface area contributed by atoms with E-state index in [1.165, 1.54) is 0 Å². The highest BCUT2D eigenvalue weighted by Gasteiger charge is 2.11. The van der Waals surface area contributed by atoms with Gasteiger partial charge >= 0.3 is 0 Å². The standard InChI is InChI=1S/C16H13NO2/c1-19-13-8-6-11(7-9-13)16(18)15-10-12-4-2-3-5-14(12)17-15/h2-10,17H,1H3. The third-order valence-corrected chi connectivity index (χ3v) is 3.13. The highest BCUT2D eigenvalue weighted by atomic mass is 16.5. The molecule has 0 fully saturated rings. The molecule has 1 aromatic heterocycles. The topological polar surface area (TPSA) is 42.1 Å². The van der Waals surface area contributed by atoms with Crippen LogP contribution in [0.2, 0.25) is 0 Å². The van der Waals surface area contributed by atoms with Crippen molar-refractivity contribution in [2.24, 2.45) is 0 Å². The Labute approximate surface area is 110 Å². The molecule has 3 heteroatoms. The Balaban J connectivity index is 1.98. The predicted molar refractivity (Wildman–Crippen MR) is 74.7 cm³/mol. The van der Waals surface area contributed by atoms with Crippen LogP contribution in [0.5, 0.6) is 5.75 Å². The zero-order valence-electron chi connectivity index (χ0n) is 10.5. The molecule has 0 aliphatic carbocycles. The van der Waals surface area contributed by atoms with Crippen LogP contribution in [-0.4, -0.2) is 17.9 Å². The number of methoxy groups -OCH3 is 1. The SMILES string of the molecule is COc1ccc(C(=O)c2cc3ccccc3[nH]2)cc1. The first-order chi connectivity index (χ1) is 9.28. The van der Waals surface area contributed by atoms with Gasteiger partial charge in [-0.2, -0.15) is 0 Å². The zero-order valence-corrected chi connectivity index (χ0v) is 10.5. The molecular formula is C16H13NO2. The maximum atomic E-state index is 12.3. The molecule has 3 aromatic rings. The molecule has 2 aromatic carbocycles. The highest BCUT2D eigenvalue weighted by molar-refractivity contribution is 6.10. The summed E-state index contributed by atoms with van der Waals surface area (Å²) in [7, 11) is 1.61. The molecule has 0 bridgehead atoms. The number of rotatable bonds is 3. The second-order valence-electron chi connectivity index (χ2n) is 4.33. The van der Waals surface area contributed by atoms with Gasteiger partial charge in [-0.05, 0) is 36.4 Å². The molecule has 3 nitrogen and oxygen atoms in total. The Kier molecular flexibility index (Phi) is 2.80. The number of ketones is 1. The van der Waals surface area contributed by atoms with Gasteiger partial charge in [-0.25, -0.2) is 0 Å². The van der Waals surface area contributed by atoms with Gasteiger partial charge in [0.1, 0.15) is 5.75 Å². The van der Waals surface area contributed by atoms with Crippen molar-refractivity contribution in [3.05, 3.63) is 65.9 Å². The summed E-state index contributed by atoms with van der Waals surface area (Å²) in [6.45, 7) is 0. The number of hydrogen-bond donors (Lipinski definition) is 1. The third-order valence-electron chi connectivity index (χ3n) is 3.13. The van der Waals surface area contributed by atoms with Gasteiger partial charge in [0, 0.05) is 16.5 Å². The van der Waals surface area contributed by atoms with Gasteiger partial charge in [0.15, 0.2) is 0 Å². The van der Waals surface area contributed by atoms with Crippen molar-refractivity contribution in [3.8, 4) is 5.75 Å². The molecule has 0 unspecified atom stereocenters. The molecule has 0 saturated heterocycles. The number of aromatic amines is 1. The van der Waals surface area contributed by atoms with Crippen LogP contribution in [0.15, 0.2) is 54.6 Å². The van der Waals surface area contributed by atoms with Gasteiger partial charge in [-0.3, -0.25) is 4.79 Å². The molecule has 0 aliphatic rings. The average Bonchev–Trinajstić information content (AvgIpc) is 2.90. The van der Waals surface area contributed by atoms with E-state index in [0.29, 0.717) is 11.3 Å². The van der Waals surface area contributed by atoms with E-state index in [9.17, 15) is 4.79 Å². The summed E-state index contributed by atoms with van der Waals surface area (Å²) < 4.78 is 5.08. The number of carbonyl (C=O) groups is 1. The molecule has 94 valence electrons. The summed E-state index contributed by atoms with van der Waals surface area (Å²) in [6, 6.07) is 16.8. The maximum Gasteiger partial charge on any atom is 0.209 e. The third kappa shape index (κ3) is 2.10. The first kappa shape index (κ1) is 11.5. The second-order valence-corrected chi connectivity index (χ2v) is 4.33. The smallest absolute Gasteiger partial charge is 0.209 e. The fraction of sp³-hybridized carbons (Fsp3) is 0.0625. The summed E-state index contributed by atoms with van der Waals surface area (Å²) >= 11 is 0. The van der Waals surface area contributed by atoms with Crippen LogP contribution < -0.4 is 4.74 Å². The lowest BCUT2D eigenvalue weighted by Gasteiger charge is -2.01. The minimum atomic E-state index is -0.0150. The van der Waals surface area contributed by atoms with Crippen LogP contribution in [0.25, 0.3) is 10.9 Å². The van der Waals surface area contributed by atoms with E-state index in [2.05, 4.69) is 4.98 Å². The van der Waals surface area contributed by atoms with Crippen LogP contribution in [0.1, 0.15) is 16.1 Å². The van der Waals surface area contributed by atoms with Crippen molar-refractivity contribution in [1.82, 2.24) is 4.98 Å². The summed E-state index contributed by atoms with van der Waals surface area (Å²) in [4.78, 5) is 15.5. The van der Waals surface area contributed by atoms with Crippen molar-refractivity contribution in [1.29, 1.82) is 0 Å². The number of carbonyl (C=O) groups excluding carboxylic acids is 1. The van der Waals surface area contributed by atoms with Crippen molar-refractivity contribution in [2.75, 3.05) is 7.11 Å². The van der Waals surface area contributed by atoms with Crippen molar-refractivity contribution in [3.63, 3.8) is 0 Å². The lowest BCUT2D eigenvalue weighted by molar-refractivity contribution is 0.103. The molecule has 3 rings (SSSR count). The number of H-pyrrole nitrogens is 1. The van der Waals surface area contributed by atoms with Gasteiger partial charge in [0.05, 0.1) is 12.8 Å². The zero-order chi connectivity index (χ0) is 13.2. The Morgan fingerprint density at radius 2 is 1.79 bits per heavy atom. The Bertz CT molecular complexity index is 693. The Hall–Kier alpha value is -2.55. The molecule has 0 amide bonds. The number of nitrogens with one attached hydrogen (secondary N) is 1. The molecular weight excluding hydrogens is 238 g/mol. The van der Waals surface area contributed by atoms with Crippen LogP contribution in [0.3, 0.4) is 0 Å². The predicted octanol–water partition coefficient (Wildman–Crippen LogP) is 3.41.